The number of rotatable bonds is 9. The van der Waals surface area contributed by atoms with Gasteiger partial charge in [-0.1, -0.05) is 45.4 Å². The lowest BCUT2D eigenvalue weighted by molar-refractivity contribution is 0.112. The molecule has 0 radical (unpaired) electrons. The van der Waals surface area contributed by atoms with Gasteiger partial charge in [0.25, 0.3) is 10.1 Å². The van der Waals surface area contributed by atoms with Gasteiger partial charge in [0.1, 0.15) is 0 Å². The molecule has 0 heterocycles. The Morgan fingerprint density at radius 3 is 2.29 bits per heavy atom. The minimum atomic E-state index is -3.71. The summed E-state index contributed by atoms with van der Waals surface area (Å²) in [5.74, 6) is 1.01. The number of benzene rings is 1. The summed E-state index contributed by atoms with van der Waals surface area (Å²) in [4.78, 5) is 0.211. The predicted molar refractivity (Wildman–Crippen MR) is 99.3 cm³/mol. The topological polar surface area (TPSA) is 52.6 Å². The first-order valence-corrected chi connectivity index (χ1v) is 11.4. The Morgan fingerprint density at radius 1 is 1.21 bits per heavy atom. The van der Waals surface area contributed by atoms with E-state index >= 15 is 0 Å². The Bertz CT molecular complexity index is 633. The molecule has 0 saturated heterocycles. The van der Waals surface area contributed by atoms with E-state index < -0.39 is 19.9 Å². The highest BCUT2D eigenvalue weighted by Crippen LogP contribution is 2.38. The zero-order valence-electron chi connectivity index (χ0n) is 15.4. The third-order valence-corrected chi connectivity index (χ3v) is 8.53. The van der Waals surface area contributed by atoms with Crippen molar-refractivity contribution in [2.45, 2.75) is 63.5 Å². The van der Waals surface area contributed by atoms with Crippen LogP contribution in [0.4, 0.5) is 0 Å². The van der Waals surface area contributed by atoms with Crippen molar-refractivity contribution in [1.29, 1.82) is 0 Å². The summed E-state index contributed by atoms with van der Waals surface area (Å²) in [5, 5.41) is 0.197. The third kappa shape index (κ3) is 5.41. The highest BCUT2D eigenvalue weighted by Gasteiger charge is 2.35. The van der Waals surface area contributed by atoms with Gasteiger partial charge in [0.2, 0.25) is 0 Å². The summed E-state index contributed by atoms with van der Waals surface area (Å²) in [6.45, 7) is 10.9. The number of aryl methyl sites for hydroxylation is 1. The van der Waals surface area contributed by atoms with Crippen LogP contribution in [0.15, 0.2) is 29.2 Å². The average Bonchev–Trinajstić information content (AvgIpc) is 3.32. The Morgan fingerprint density at radius 2 is 1.79 bits per heavy atom. The standard InChI is InChI=1S/C18H30O4SSi/c1-13(2)18(4,5)24-22-17(15-8-9-15)12-21-23(19,20)16-10-6-14(3)7-11-16/h6-7,10-11,13,15,17H,8-9,12,24H2,1-5H3/t17-/m1/s1. The van der Waals surface area contributed by atoms with E-state index in [0.717, 1.165) is 18.4 Å². The van der Waals surface area contributed by atoms with Gasteiger partial charge in [-0.25, -0.2) is 0 Å². The van der Waals surface area contributed by atoms with E-state index in [1.54, 1.807) is 24.3 Å². The molecule has 1 atom stereocenters. The lowest BCUT2D eigenvalue weighted by atomic mass is 9.99. The average molecular weight is 371 g/mol. The van der Waals surface area contributed by atoms with E-state index in [1.165, 1.54) is 0 Å². The van der Waals surface area contributed by atoms with Gasteiger partial charge < -0.3 is 4.43 Å². The summed E-state index contributed by atoms with van der Waals surface area (Å²) in [6.07, 6.45) is 2.12. The van der Waals surface area contributed by atoms with Gasteiger partial charge >= 0.3 is 0 Å². The summed E-state index contributed by atoms with van der Waals surface area (Å²) in [6, 6.07) is 6.74. The van der Waals surface area contributed by atoms with Crippen molar-refractivity contribution in [2.75, 3.05) is 6.61 Å². The van der Waals surface area contributed by atoms with Crippen molar-refractivity contribution in [2.24, 2.45) is 11.8 Å². The zero-order valence-corrected chi connectivity index (χ0v) is 17.6. The lowest BCUT2D eigenvalue weighted by Crippen LogP contribution is -2.31. The summed E-state index contributed by atoms with van der Waals surface area (Å²) < 4.78 is 36.2. The predicted octanol–water partition coefficient (Wildman–Crippen LogP) is 3.43. The van der Waals surface area contributed by atoms with Crippen molar-refractivity contribution >= 4 is 19.9 Å². The van der Waals surface area contributed by atoms with Gasteiger partial charge in [0, 0.05) is 0 Å². The fraction of sp³-hybridized carbons (Fsp3) is 0.667. The maximum atomic E-state index is 12.3. The minimum absolute atomic E-state index is 0.0880. The third-order valence-electron chi connectivity index (χ3n) is 5.08. The first-order valence-electron chi connectivity index (χ1n) is 8.69. The largest absolute Gasteiger partial charge is 0.418 e. The SMILES string of the molecule is Cc1ccc(S(=O)(=O)OC[C@@H](O[SiH2]C(C)(C)C(C)C)C2CC2)cc1. The molecule has 1 aliphatic carbocycles. The van der Waals surface area contributed by atoms with Gasteiger partial charge in [0.15, 0.2) is 9.76 Å². The van der Waals surface area contributed by atoms with Crippen LogP contribution in [-0.2, 0) is 18.7 Å². The molecule has 0 bridgehead atoms. The van der Waals surface area contributed by atoms with Gasteiger partial charge in [-0.05, 0) is 48.8 Å². The molecule has 0 N–H and O–H groups in total. The summed E-state index contributed by atoms with van der Waals surface area (Å²) >= 11 is 0. The summed E-state index contributed by atoms with van der Waals surface area (Å²) in [7, 11) is -4.48. The molecule has 0 amide bonds. The number of hydrogen-bond acceptors (Lipinski definition) is 4. The molecule has 0 aliphatic heterocycles. The highest BCUT2D eigenvalue weighted by molar-refractivity contribution is 7.86. The summed E-state index contributed by atoms with van der Waals surface area (Å²) in [5.41, 5.74) is 1.02. The van der Waals surface area contributed by atoms with Crippen molar-refractivity contribution in [3.05, 3.63) is 29.8 Å². The first kappa shape index (κ1) is 19.6. The van der Waals surface area contributed by atoms with E-state index in [0.29, 0.717) is 11.8 Å². The van der Waals surface area contributed by atoms with Gasteiger partial charge in [0.05, 0.1) is 17.6 Å². The lowest BCUT2D eigenvalue weighted by Gasteiger charge is -2.30. The van der Waals surface area contributed by atoms with Crippen LogP contribution < -0.4 is 0 Å². The molecule has 1 aromatic carbocycles. The van der Waals surface area contributed by atoms with E-state index in [9.17, 15) is 8.42 Å². The van der Waals surface area contributed by atoms with Gasteiger partial charge in [-0.3, -0.25) is 4.18 Å². The molecule has 6 heteroatoms. The molecule has 1 aromatic rings. The van der Waals surface area contributed by atoms with Crippen molar-refractivity contribution < 1.29 is 17.0 Å². The fourth-order valence-electron chi connectivity index (χ4n) is 2.21. The second-order valence-corrected chi connectivity index (χ2v) is 11.9. The highest BCUT2D eigenvalue weighted by atomic mass is 32.2. The van der Waals surface area contributed by atoms with Crippen LogP contribution in [0.5, 0.6) is 0 Å². The zero-order chi connectivity index (χ0) is 18.0. The molecule has 136 valence electrons. The van der Waals surface area contributed by atoms with Crippen LogP contribution in [-0.4, -0.2) is 30.9 Å². The molecule has 24 heavy (non-hydrogen) atoms. The molecule has 0 spiro atoms. The Labute approximate surface area is 149 Å². The second kappa shape index (κ2) is 7.68. The van der Waals surface area contributed by atoms with Crippen LogP contribution in [0, 0.1) is 18.8 Å². The normalized spacial score (nSPS) is 17.8. The number of hydrogen-bond donors (Lipinski definition) is 0. The monoisotopic (exact) mass is 370 g/mol. The van der Waals surface area contributed by atoms with E-state index in [2.05, 4.69) is 27.7 Å². The molecule has 1 fully saturated rings. The van der Waals surface area contributed by atoms with Crippen LogP contribution in [0.1, 0.15) is 46.1 Å². The molecule has 2 rings (SSSR count). The van der Waals surface area contributed by atoms with E-state index in [-0.39, 0.29) is 22.6 Å². The van der Waals surface area contributed by atoms with Crippen LogP contribution in [0.25, 0.3) is 0 Å². The molecule has 0 unspecified atom stereocenters. The molecule has 4 nitrogen and oxygen atoms in total. The second-order valence-electron chi connectivity index (χ2n) is 7.88. The Hall–Kier alpha value is -0.693. The van der Waals surface area contributed by atoms with E-state index in [4.69, 9.17) is 8.61 Å². The molecule has 1 aliphatic rings. The molecular weight excluding hydrogens is 340 g/mol. The quantitative estimate of drug-likeness (QED) is 0.494. The van der Waals surface area contributed by atoms with E-state index in [1.807, 2.05) is 6.92 Å². The smallest absolute Gasteiger partial charge is 0.297 e. The molecule has 1 saturated carbocycles. The minimum Gasteiger partial charge on any atom is -0.418 e. The van der Waals surface area contributed by atoms with Crippen molar-refractivity contribution in [3.8, 4) is 0 Å². The van der Waals surface area contributed by atoms with Crippen LogP contribution in [0.2, 0.25) is 5.04 Å². The molecular formula is C18H30O4SSi. The Balaban J connectivity index is 1.95. The maximum Gasteiger partial charge on any atom is 0.297 e. The van der Waals surface area contributed by atoms with Crippen molar-refractivity contribution in [1.82, 2.24) is 0 Å². The fourth-order valence-corrected chi connectivity index (χ4v) is 4.47. The first-order chi connectivity index (χ1) is 11.1. The maximum absolute atomic E-state index is 12.3. The van der Waals surface area contributed by atoms with Gasteiger partial charge in [-0.2, -0.15) is 8.42 Å². The Kier molecular flexibility index (Phi) is 6.28. The van der Waals surface area contributed by atoms with Crippen LogP contribution >= 0.6 is 0 Å². The van der Waals surface area contributed by atoms with Crippen molar-refractivity contribution in [3.63, 3.8) is 0 Å². The van der Waals surface area contributed by atoms with Crippen LogP contribution in [0.3, 0.4) is 0 Å². The van der Waals surface area contributed by atoms with Gasteiger partial charge in [-0.15, -0.1) is 0 Å². The molecule has 0 aromatic heterocycles.